The van der Waals surface area contributed by atoms with Gasteiger partial charge < -0.3 is 14.6 Å². The fourth-order valence-corrected chi connectivity index (χ4v) is 6.68. The average molecular weight is 518 g/mol. The zero-order valence-corrected chi connectivity index (χ0v) is 21.6. The lowest BCUT2D eigenvalue weighted by Crippen LogP contribution is -2.44. The second-order valence-electron chi connectivity index (χ2n) is 10.1. The number of ketones is 1. The van der Waals surface area contributed by atoms with Gasteiger partial charge in [-0.15, -0.1) is 0 Å². The van der Waals surface area contributed by atoms with Gasteiger partial charge in [0.1, 0.15) is 22.2 Å². The van der Waals surface area contributed by atoms with Gasteiger partial charge in [-0.2, -0.15) is 4.31 Å². The molecule has 196 valence electrons. The maximum atomic E-state index is 13.3. The van der Waals surface area contributed by atoms with E-state index in [1.807, 2.05) is 6.92 Å². The Labute approximate surface area is 212 Å². The van der Waals surface area contributed by atoms with Crippen LogP contribution in [0.5, 0.6) is 0 Å². The Bertz CT molecular complexity index is 1140. The van der Waals surface area contributed by atoms with Gasteiger partial charge in [0.25, 0.3) is 0 Å². The molecule has 5 rings (SSSR count). The summed E-state index contributed by atoms with van der Waals surface area (Å²) in [7, 11) is -3.66. The van der Waals surface area contributed by atoms with Crippen molar-refractivity contribution in [1.82, 2.24) is 19.3 Å². The second-order valence-corrected chi connectivity index (χ2v) is 12.0. The van der Waals surface area contributed by atoms with E-state index in [0.717, 1.165) is 58.0 Å². The highest BCUT2D eigenvalue weighted by atomic mass is 32.2. The van der Waals surface area contributed by atoms with Gasteiger partial charge in [0.05, 0.1) is 13.2 Å². The number of piperidine rings is 1. The van der Waals surface area contributed by atoms with E-state index in [1.54, 1.807) is 18.2 Å². The lowest BCUT2D eigenvalue weighted by molar-refractivity contribution is 0.0398. The van der Waals surface area contributed by atoms with Crippen molar-refractivity contribution in [3.8, 4) is 0 Å². The van der Waals surface area contributed by atoms with E-state index in [2.05, 4.69) is 20.4 Å². The summed E-state index contributed by atoms with van der Waals surface area (Å²) in [5, 5.41) is 7.22. The van der Waals surface area contributed by atoms with Gasteiger partial charge in [-0.3, -0.25) is 9.69 Å². The number of sulfonamides is 1. The Morgan fingerprint density at radius 3 is 2.67 bits per heavy atom. The highest BCUT2D eigenvalue weighted by molar-refractivity contribution is 7.89. The number of carbonyl (C=O) groups excluding carboxylic acids is 1. The number of nitrogens with one attached hydrogen (secondary N) is 1. The van der Waals surface area contributed by atoms with E-state index in [0.29, 0.717) is 43.2 Å². The maximum absolute atomic E-state index is 13.3. The molecular formula is C25H35N5O5S. The van der Waals surface area contributed by atoms with E-state index >= 15 is 0 Å². The van der Waals surface area contributed by atoms with Gasteiger partial charge in [-0.05, 0) is 50.7 Å². The lowest BCUT2D eigenvalue weighted by Gasteiger charge is -2.36. The molecule has 10 nitrogen and oxygen atoms in total. The first-order chi connectivity index (χ1) is 17.4. The summed E-state index contributed by atoms with van der Waals surface area (Å²) in [6.45, 7) is 7.29. The number of ether oxygens (including phenoxy) is 1. The van der Waals surface area contributed by atoms with Crippen LogP contribution in [0.2, 0.25) is 0 Å². The number of nitrogens with zero attached hydrogens (tertiary/aromatic N) is 4. The number of aromatic nitrogens is 2. The number of hydrogen-bond acceptors (Lipinski definition) is 9. The number of carbonyl (C=O) groups is 1. The summed E-state index contributed by atoms with van der Waals surface area (Å²) >= 11 is 0. The molecule has 2 aromatic rings. The van der Waals surface area contributed by atoms with E-state index in [1.165, 1.54) is 10.5 Å². The molecule has 0 radical (unpaired) electrons. The number of pyridine rings is 1. The van der Waals surface area contributed by atoms with Gasteiger partial charge in [0.15, 0.2) is 5.78 Å². The molecule has 1 N–H and O–H groups in total. The van der Waals surface area contributed by atoms with E-state index < -0.39 is 10.0 Å². The molecule has 0 bridgehead atoms. The first kappa shape index (κ1) is 25.3. The number of anilines is 1. The molecule has 2 saturated heterocycles. The normalized spacial score (nSPS) is 24.0. The van der Waals surface area contributed by atoms with Crippen LogP contribution in [-0.2, 0) is 14.8 Å². The third kappa shape index (κ3) is 5.96. The van der Waals surface area contributed by atoms with Gasteiger partial charge in [-0.25, -0.2) is 13.4 Å². The number of morpholine rings is 1. The predicted octanol–water partition coefficient (Wildman–Crippen LogP) is 2.75. The summed E-state index contributed by atoms with van der Waals surface area (Å²) in [5.41, 5.74) is 0.393. The Balaban J connectivity index is 1.12. The van der Waals surface area contributed by atoms with Crippen LogP contribution in [0.25, 0.3) is 0 Å². The lowest BCUT2D eigenvalue weighted by atomic mass is 9.88. The highest BCUT2D eigenvalue weighted by Crippen LogP contribution is 2.40. The Kier molecular flexibility index (Phi) is 7.71. The van der Waals surface area contributed by atoms with Crippen LogP contribution in [0.15, 0.2) is 33.8 Å². The summed E-state index contributed by atoms with van der Waals surface area (Å²) in [6.07, 6.45) is 5.25. The van der Waals surface area contributed by atoms with Crippen LogP contribution in [-0.4, -0.2) is 85.5 Å². The van der Waals surface area contributed by atoms with Crippen molar-refractivity contribution in [1.29, 1.82) is 0 Å². The second kappa shape index (κ2) is 11.0. The van der Waals surface area contributed by atoms with Crippen LogP contribution >= 0.6 is 0 Å². The monoisotopic (exact) mass is 517 g/mol. The van der Waals surface area contributed by atoms with Crippen molar-refractivity contribution in [2.24, 2.45) is 5.92 Å². The summed E-state index contributed by atoms with van der Waals surface area (Å²) in [5.74, 6) is 1.97. The van der Waals surface area contributed by atoms with Crippen molar-refractivity contribution >= 4 is 21.6 Å². The van der Waals surface area contributed by atoms with Gasteiger partial charge in [0.2, 0.25) is 10.0 Å². The molecule has 1 aliphatic carbocycles. The van der Waals surface area contributed by atoms with Crippen molar-refractivity contribution in [3.05, 3.63) is 35.9 Å². The van der Waals surface area contributed by atoms with Crippen LogP contribution < -0.4 is 5.32 Å². The molecule has 0 unspecified atom stereocenters. The molecule has 3 fully saturated rings. The molecule has 4 heterocycles. The Morgan fingerprint density at radius 2 is 1.97 bits per heavy atom. The largest absolute Gasteiger partial charge is 0.379 e. The first-order valence-electron chi connectivity index (χ1n) is 12.9. The van der Waals surface area contributed by atoms with E-state index in [-0.39, 0.29) is 22.6 Å². The van der Waals surface area contributed by atoms with Crippen LogP contribution in [0.4, 0.5) is 5.82 Å². The van der Waals surface area contributed by atoms with Crippen molar-refractivity contribution in [2.45, 2.75) is 55.9 Å². The van der Waals surface area contributed by atoms with Gasteiger partial charge in [-0.1, -0.05) is 5.16 Å². The number of Topliss-reactive ketones (excluding diaryl/α,β-unsaturated/α-hetero) is 1. The maximum Gasteiger partial charge on any atom is 0.244 e. The van der Waals surface area contributed by atoms with Gasteiger partial charge >= 0.3 is 0 Å². The molecule has 0 aromatic carbocycles. The highest BCUT2D eigenvalue weighted by Gasteiger charge is 2.36. The standard InChI is InChI=1S/C25H35N5O5S/c1-18-14-19(15-23(31)22-16-24(35-28-22)20-2-3-20)6-8-30(18)36(32,33)21-4-5-25(27-17-21)26-7-9-29-10-12-34-13-11-29/h4-5,16-20H,2-3,6-15H2,1H3,(H,26,27)/t18-,19+/m1/s1. The summed E-state index contributed by atoms with van der Waals surface area (Å²) in [4.78, 5) is 19.5. The minimum absolute atomic E-state index is 0.0277. The topological polar surface area (TPSA) is 118 Å². The molecule has 3 aliphatic rings. The van der Waals surface area contributed by atoms with Crippen molar-refractivity contribution in [3.63, 3.8) is 0 Å². The molecule has 0 amide bonds. The Hall–Kier alpha value is -2.34. The van der Waals surface area contributed by atoms with Crippen LogP contribution in [0, 0.1) is 5.92 Å². The van der Waals surface area contributed by atoms with Crippen molar-refractivity contribution < 1.29 is 22.5 Å². The number of rotatable bonds is 10. The molecule has 0 spiro atoms. The molecule has 2 aromatic heterocycles. The van der Waals surface area contributed by atoms with Crippen molar-refractivity contribution in [2.75, 3.05) is 51.3 Å². The smallest absolute Gasteiger partial charge is 0.244 e. The molecule has 2 aliphatic heterocycles. The zero-order chi connectivity index (χ0) is 25.1. The van der Waals surface area contributed by atoms with E-state index in [4.69, 9.17) is 9.26 Å². The minimum Gasteiger partial charge on any atom is -0.379 e. The van der Waals surface area contributed by atoms with Crippen LogP contribution in [0.1, 0.15) is 61.2 Å². The first-order valence-corrected chi connectivity index (χ1v) is 14.4. The van der Waals surface area contributed by atoms with Gasteiger partial charge in [0, 0.05) is 63.4 Å². The quantitative estimate of drug-likeness (QED) is 0.475. The Morgan fingerprint density at radius 1 is 1.17 bits per heavy atom. The zero-order valence-electron chi connectivity index (χ0n) is 20.8. The molecule has 36 heavy (non-hydrogen) atoms. The molecule has 11 heteroatoms. The number of hydrogen-bond donors (Lipinski definition) is 1. The third-order valence-electron chi connectivity index (χ3n) is 7.37. The average Bonchev–Trinajstić information content (AvgIpc) is 3.61. The molecule has 1 saturated carbocycles. The third-order valence-corrected chi connectivity index (χ3v) is 9.37. The SMILES string of the molecule is C[C@@H]1C[C@@H](CC(=O)c2cc(C3CC3)on2)CCN1S(=O)(=O)c1ccc(NCCN2CCOCC2)nc1. The summed E-state index contributed by atoms with van der Waals surface area (Å²) in [6, 6.07) is 4.91. The summed E-state index contributed by atoms with van der Waals surface area (Å²) < 4.78 is 38.8. The fraction of sp³-hybridized carbons (Fsp3) is 0.640. The van der Waals surface area contributed by atoms with E-state index in [9.17, 15) is 13.2 Å². The molecular weight excluding hydrogens is 482 g/mol. The molecule has 2 atom stereocenters. The van der Waals surface area contributed by atoms with Crippen LogP contribution in [0.3, 0.4) is 0 Å². The fourth-order valence-electron chi connectivity index (χ4n) is 5.08. The minimum atomic E-state index is -3.66. The predicted molar refractivity (Wildman–Crippen MR) is 133 cm³/mol.